The second-order valence-electron chi connectivity index (χ2n) is 8.38. The van der Waals surface area contributed by atoms with Gasteiger partial charge in [0.1, 0.15) is 6.54 Å². The van der Waals surface area contributed by atoms with Gasteiger partial charge < -0.3 is 14.4 Å². The summed E-state index contributed by atoms with van der Waals surface area (Å²) in [5.74, 6) is -0.293. The molecule has 0 bridgehead atoms. The molecule has 0 aliphatic heterocycles. The van der Waals surface area contributed by atoms with Crippen LogP contribution in [-0.2, 0) is 24.9 Å². The molecule has 0 radical (unpaired) electrons. The molecule has 3 aromatic carbocycles. The van der Waals surface area contributed by atoms with Gasteiger partial charge in [-0.25, -0.2) is 0 Å². The zero-order valence-corrected chi connectivity index (χ0v) is 19.4. The van der Waals surface area contributed by atoms with Gasteiger partial charge in [0.05, 0.1) is 6.54 Å². The first-order valence-corrected chi connectivity index (χ1v) is 11.4. The van der Waals surface area contributed by atoms with Crippen molar-refractivity contribution in [2.75, 3.05) is 13.1 Å². The molecule has 0 unspecified atom stereocenters. The van der Waals surface area contributed by atoms with Crippen LogP contribution < -0.4 is 0 Å². The molecule has 4 rings (SSSR count). The van der Waals surface area contributed by atoms with E-state index in [0.29, 0.717) is 25.2 Å². The highest BCUT2D eigenvalue weighted by molar-refractivity contribution is 6.00. The normalized spacial score (nSPS) is 10.7. The predicted octanol–water partition coefficient (Wildman–Crippen LogP) is 5.04. The molecule has 5 heteroatoms. The summed E-state index contributed by atoms with van der Waals surface area (Å²) >= 11 is 0. The van der Waals surface area contributed by atoms with E-state index in [1.807, 2.05) is 103 Å². The maximum atomic E-state index is 13.5. The molecule has 1 heterocycles. The van der Waals surface area contributed by atoms with Crippen molar-refractivity contribution in [1.82, 2.24) is 14.4 Å². The van der Waals surface area contributed by atoms with Crippen LogP contribution in [0.2, 0.25) is 0 Å². The standard InChI is InChI=1S/C29H29N3O2/c1-3-17-31(29(34)26-16-15-24-12-7-8-13-25(24)19-26)22-28(33)32(20-23-10-5-4-6-11-23)21-27-14-9-18-30(27)2/h3-16,18-19H,1,17,20-22H2,2H3. The maximum absolute atomic E-state index is 13.5. The van der Waals surface area contributed by atoms with Crippen molar-refractivity contribution >= 4 is 22.6 Å². The Morgan fingerprint density at radius 1 is 0.853 bits per heavy atom. The van der Waals surface area contributed by atoms with Crippen molar-refractivity contribution < 1.29 is 9.59 Å². The fraction of sp³-hybridized carbons (Fsp3) is 0.172. The van der Waals surface area contributed by atoms with E-state index >= 15 is 0 Å². The van der Waals surface area contributed by atoms with E-state index in [0.717, 1.165) is 22.0 Å². The third-order valence-corrected chi connectivity index (χ3v) is 5.93. The average Bonchev–Trinajstić information content (AvgIpc) is 3.27. The maximum Gasteiger partial charge on any atom is 0.254 e. The second-order valence-corrected chi connectivity index (χ2v) is 8.38. The Balaban J connectivity index is 1.56. The van der Waals surface area contributed by atoms with Crippen molar-refractivity contribution in [3.05, 3.63) is 121 Å². The lowest BCUT2D eigenvalue weighted by atomic mass is 10.1. The van der Waals surface area contributed by atoms with Crippen LogP contribution in [0.5, 0.6) is 0 Å². The van der Waals surface area contributed by atoms with Gasteiger partial charge in [0.25, 0.3) is 5.91 Å². The van der Waals surface area contributed by atoms with Gasteiger partial charge in [-0.05, 0) is 40.6 Å². The van der Waals surface area contributed by atoms with Crippen LogP contribution in [0.1, 0.15) is 21.6 Å². The van der Waals surface area contributed by atoms with Crippen molar-refractivity contribution in [3.63, 3.8) is 0 Å². The van der Waals surface area contributed by atoms with Crippen LogP contribution in [0.4, 0.5) is 0 Å². The minimum atomic E-state index is -0.183. The number of fused-ring (bicyclic) bond motifs is 1. The third kappa shape index (κ3) is 5.44. The van der Waals surface area contributed by atoms with Gasteiger partial charge in [0.2, 0.25) is 5.91 Å². The van der Waals surface area contributed by atoms with Crippen LogP contribution in [0.25, 0.3) is 10.8 Å². The lowest BCUT2D eigenvalue weighted by Gasteiger charge is -2.27. The van der Waals surface area contributed by atoms with Crippen LogP contribution in [0, 0.1) is 0 Å². The van der Waals surface area contributed by atoms with E-state index in [1.165, 1.54) is 0 Å². The van der Waals surface area contributed by atoms with Gasteiger partial charge in [-0.1, -0.05) is 66.7 Å². The molecule has 0 fully saturated rings. The summed E-state index contributed by atoms with van der Waals surface area (Å²) in [5.41, 5.74) is 2.63. The SMILES string of the molecule is C=CCN(CC(=O)N(Cc1ccccc1)Cc1cccn1C)C(=O)c1ccc2ccccc2c1. The zero-order valence-electron chi connectivity index (χ0n) is 19.4. The van der Waals surface area contributed by atoms with E-state index < -0.39 is 0 Å². The van der Waals surface area contributed by atoms with Crippen molar-refractivity contribution in [2.24, 2.45) is 7.05 Å². The van der Waals surface area contributed by atoms with Gasteiger partial charge in [-0.2, -0.15) is 0 Å². The summed E-state index contributed by atoms with van der Waals surface area (Å²) in [4.78, 5) is 30.2. The number of carbonyl (C=O) groups excluding carboxylic acids is 2. The predicted molar refractivity (Wildman–Crippen MR) is 136 cm³/mol. The van der Waals surface area contributed by atoms with Crippen molar-refractivity contribution in [1.29, 1.82) is 0 Å². The lowest BCUT2D eigenvalue weighted by Crippen LogP contribution is -2.42. The summed E-state index contributed by atoms with van der Waals surface area (Å²) in [5, 5.41) is 2.06. The molecule has 5 nitrogen and oxygen atoms in total. The van der Waals surface area contributed by atoms with Crippen LogP contribution in [0.3, 0.4) is 0 Å². The first kappa shape index (κ1) is 23.1. The number of benzene rings is 3. The van der Waals surface area contributed by atoms with E-state index in [1.54, 1.807) is 15.9 Å². The highest BCUT2D eigenvalue weighted by Gasteiger charge is 2.23. The van der Waals surface area contributed by atoms with Gasteiger partial charge in [0, 0.05) is 37.6 Å². The van der Waals surface area contributed by atoms with Gasteiger partial charge in [-0.3, -0.25) is 9.59 Å². The number of aromatic nitrogens is 1. The van der Waals surface area contributed by atoms with Crippen LogP contribution in [-0.4, -0.2) is 39.3 Å². The minimum absolute atomic E-state index is 0.0189. The van der Waals surface area contributed by atoms with Crippen LogP contribution in [0.15, 0.2) is 104 Å². The third-order valence-electron chi connectivity index (χ3n) is 5.93. The molecule has 4 aromatic rings. The highest BCUT2D eigenvalue weighted by atomic mass is 16.2. The molecule has 0 saturated carbocycles. The van der Waals surface area contributed by atoms with E-state index in [2.05, 4.69) is 6.58 Å². The molecule has 0 spiro atoms. The number of aryl methyl sites for hydroxylation is 1. The topological polar surface area (TPSA) is 45.6 Å². The molecule has 0 N–H and O–H groups in total. The molecule has 34 heavy (non-hydrogen) atoms. The van der Waals surface area contributed by atoms with E-state index in [-0.39, 0.29) is 18.4 Å². The lowest BCUT2D eigenvalue weighted by molar-refractivity contribution is -0.133. The average molecular weight is 452 g/mol. The summed E-state index contributed by atoms with van der Waals surface area (Å²) in [6.45, 7) is 5.00. The molecule has 1 aromatic heterocycles. The fourth-order valence-electron chi connectivity index (χ4n) is 4.04. The van der Waals surface area contributed by atoms with E-state index in [9.17, 15) is 9.59 Å². The Hall–Kier alpha value is -4.12. The van der Waals surface area contributed by atoms with Gasteiger partial charge in [-0.15, -0.1) is 6.58 Å². The number of carbonyl (C=O) groups is 2. The molecule has 0 aliphatic rings. The smallest absolute Gasteiger partial charge is 0.254 e. The molecule has 172 valence electrons. The number of amides is 2. The number of nitrogens with zero attached hydrogens (tertiary/aromatic N) is 3. The quantitative estimate of drug-likeness (QED) is 0.335. The van der Waals surface area contributed by atoms with Crippen molar-refractivity contribution in [2.45, 2.75) is 13.1 Å². The zero-order chi connectivity index (χ0) is 23.9. The Morgan fingerprint density at radius 2 is 1.59 bits per heavy atom. The second kappa shape index (κ2) is 10.7. The Kier molecular flexibility index (Phi) is 7.23. The van der Waals surface area contributed by atoms with Gasteiger partial charge in [0.15, 0.2) is 0 Å². The first-order chi connectivity index (χ1) is 16.5. The number of hydrogen-bond donors (Lipinski definition) is 0. The molecule has 0 atom stereocenters. The molecule has 0 aliphatic carbocycles. The van der Waals surface area contributed by atoms with Gasteiger partial charge >= 0.3 is 0 Å². The molecular formula is C29H29N3O2. The minimum Gasteiger partial charge on any atom is -0.353 e. The summed E-state index contributed by atoms with van der Waals surface area (Å²) < 4.78 is 2.01. The monoisotopic (exact) mass is 451 g/mol. The van der Waals surface area contributed by atoms with Crippen molar-refractivity contribution in [3.8, 4) is 0 Å². The van der Waals surface area contributed by atoms with Crippen LogP contribution >= 0.6 is 0 Å². The molecule has 0 saturated heterocycles. The summed E-state index contributed by atoms with van der Waals surface area (Å²) in [6.07, 6.45) is 3.62. The first-order valence-electron chi connectivity index (χ1n) is 11.4. The fourth-order valence-corrected chi connectivity index (χ4v) is 4.04. The number of hydrogen-bond acceptors (Lipinski definition) is 2. The highest BCUT2D eigenvalue weighted by Crippen LogP contribution is 2.18. The largest absolute Gasteiger partial charge is 0.353 e. The molecule has 2 amide bonds. The van der Waals surface area contributed by atoms with E-state index in [4.69, 9.17) is 0 Å². The number of rotatable bonds is 9. The Labute approximate surface area is 200 Å². The molecular weight excluding hydrogens is 422 g/mol. The Morgan fingerprint density at radius 3 is 2.29 bits per heavy atom. The Bertz CT molecular complexity index is 1290. The summed E-state index contributed by atoms with van der Waals surface area (Å²) in [7, 11) is 1.97. The summed E-state index contributed by atoms with van der Waals surface area (Å²) in [6, 6.07) is 27.4.